The molecule has 0 unspecified atom stereocenters. The Morgan fingerprint density at radius 1 is 1.21 bits per heavy atom. The molecule has 0 heterocycles. The van der Waals surface area contributed by atoms with Crippen molar-refractivity contribution in [3.63, 3.8) is 0 Å². The van der Waals surface area contributed by atoms with Gasteiger partial charge in [0.25, 0.3) is 0 Å². The minimum Gasteiger partial charge on any atom is -0.367 e. The summed E-state index contributed by atoms with van der Waals surface area (Å²) in [6.45, 7) is 7.03. The lowest BCUT2D eigenvalue weighted by Crippen LogP contribution is -2.34. The fraction of sp³-hybridized carbons (Fsp3) is 0.647. The van der Waals surface area contributed by atoms with E-state index in [-0.39, 0.29) is 0 Å². The molecule has 1 aliphatic rings. The molecule has 1 nitrogen and oxygen atoms in total. The first-order valence-electron chi connectivity index (χ1n) is 7.46. The zero-order chi connectivity index (χ0) is 13.7. The van der Waals surface area contributed by atoms with E-state index in [1.807, 2.05) is 0 Å². The predicted molar refractivity (Wildman–Crippen MR) is 83.4 cm³/mol. The molecule has 3 atom stereocenters. The highest BCUT2D eigenvalue weighted by Crippen LogP contribution is 2.36. The van der Waals surface area contributed by atoms with Gasteiger partial charge in [0.05, 0.1) is 12.0 Å². The van der Waals surface area contributed by atoms with Gasteiger partial charge in [-0.15, -0.1) is 0 Å². The average Bonchev–Trinajstić information content (AvgIpc) is 2.39. The Morgan fingerprint density at radius 2 is 1.95 bits per heavy atom. The number of rotatable bonds is 5. The maximum atomic E-state index is 6.19. The van der Waals surface area contributed by atoms with Crippen molar-refractivity contribution in [1.29, 1.82) is 0 Å². The first-order valence-corrected chi connectivity index (χ1v) is 8.45. The van der Waals surface area contributed by atoms with E-state index in [9.17, 15) is 0 Å². The monoisotopic (exact) mass is 278 g/mol. The molecule has 106 valence electrons. The molecule has 2 heteroatoms. The molecule has 0 aromatic heterocycles. The molecule has 0 bridgehead atoms. The van der Waals surface area contributed by atoms with Crippen LogP contribution in [0.1, 0.15) is 40.0 Å². The number of benzene rings is 1. The smallest absolute Gasteiger partial charge is 0.0970 e. The highest BCUT2D eigenvalue weighted by molar-refractivity contribution is 7.99. The van der Waals surface area contributed by atoms with E-state index < -0.39 is 0 Å². The Labute approximate surface area is 122 Å². The van der Waals surface area contributed by atoms with Gasteiger partial charge < -0.3 is 4.74 Å². The molecule has 1 aromatic rings. The molecule has 0 N–H and O–H groups in total. The van der Waals surface area contributed by atoms with Crippen molar-refractivity contribution in [3.8, 4) is 0 Å². The summed E-state index contributed by atoms with van der Waals surface area (Å²) in [5.74, 6) is 3.08. The van der Waals surface area contributed by atoms with Crippen LogP contribution in [0.3, 0.4) is 0 Å². The minimum atomic E-state index is 0.458. The summed E-state index contributed by atoms with van der Waals surface area (Å²) in [7, 11) is 0. The Hall–Kier alpha value is -0.470. The fourth-order valence-corrected chi connectivity index (χ4v) is 3.74. The molecule has 2 rings (SSSR count). The van der Waals surface area contributed by atoms with Crippen LogP contribution in [-0.4, -0.2) is 12.0 Å². The lowest BCUT2D eigenvalue weighted by atomic mass is 9.75. The van der Waals surface area contributed by atoms with E-state index in [2.05, 4.69) is 51.1 Å². The standard InChI is InChI=1S/C17H26OS/c1-13(2)16-10-9-14(3)11-17(16)18-12-19-15-7-5-4-6-8-15/h4-8,13-14,16-17H,9-12H2,1-3H3/t14-,16+,17-/m1/s1. The van der Waals surface area contributed by atoms with Crippen LogP contribution in [0.4, 0.5) is 0 Å². The van der Waals surface area contributed by atoms with E-state index >= 15 is 0 Å². The maximum absolute atomic E-state index is 6.19. The van der Waals surface area contributed by atoms with Gasteiger partial charge in [0.2, 0.25) is 0 Å². The normalized spacial score (nSPS) is 27.7. The molecule has 0 radical (unpaired) electrons. The summed E-state index contributed by atoms with van der Waals surface area (Å²) < 4.78 is 6.19. The lowest BCUT2D eigenvalue weighted by Gasteiger charge is -2.37. The topological polar surface area (TPSA) is 9.23 Å². The molecular weight excluding hydrogens is 252 g/mol. The van der Waals surface area contributed by atoms with Gasteiger partial charge >= 0.3 is 0 Å². The van der Waals surface area contributed by atoms with Crippen LogP contribution < -0.4 is 0 Å². The summed E-state index contributed by atoms with van der Waals surface area (Å²) in [6.07, 6.45) is 4.40. The lowest BCUT2D eigenvalue weighted by molar-refractivity contribution is -0.0170. The second-order valence-electron chi connectivity index (χ2n) is 6.11. The van der Waals surface area contributed by atoms with Gasteiger partial charge in [-0.05, 0) is 42.7 Å². The average molecular weight is 278 g/mol. The van der Waals surface area contributed by atoms with Crippen LogP contribution in [0.15, 0.2) is 35.2 Å². The van der Waals surface area contributed by atoms with Crippen molar-refractivity contribution in [1.82, 2.24) is 0 Å². The molecule has 0 amide bonds. The molecule has 1 fully saturated rings. The molecular formula is C17H26OS. The quantitative estimate of drug-likeness (QED) is 0.540. The Kier molecular flexibility index (Phi) is 5.77. The summed E-state index contributed by atoms with van der Waals surface area (Å²) in [5, 5.41) is 0. The van der Waals surface area contributed by atoms with Crippen LogP contribution >= 0.6 is 11.8 Å². The van der Waals surface area contributed by atoms with Crippen LogP contribution in [-0.2, 0) is 4.74 Å². The van der Waals surface area contributed by atoms with Crippen LogP contribution in [0.2, 0.25) is 0 Å². The van der Waals surface area contributed by atoms with Crippen molar-refractivity contribution in [3.05, 3.63) is 30.3 Å². The van der Waals surface area contributed by atoms with Gasteiger partial charge in [-0.1, -0.05) is 57.2 Å². The largest absolute Gasteiger partial charge is 0.367 e. The van der Waals surface area contributed by atoms with Gasteiger partial charge in [0.1, 0.15) is 0 Å². The molecule has 19 heavy (non-hydrogen) atoms. The van der Waals surface area contributed by atoms with Crippen molar-refractivity contribution in [2.75, 3.05) is 5.94 Å². The van der Waals surface area contributed by atoms with Gasteiger partial charge in [0, 0.05) is 4.90 Å². The van der Waals surface area contributed by atoms with E-state index in [1.54, 1.807) is 11.8 Å². The third kappa shape index (κ3) is 4.54. The highest BCUT2D eigenvalue weighted by Gasteiger charge is 2.31. The first-order chi connectivity index (χ1) is 9.16. The fourth-order valence-electron chi connectivity index (χ4n) is 3.01. The maximum Gasteiger partial charge on any atom is 0.0970 e. The number of hydrogen-bond donors (Lipinski definition) is 0. The van der Waals surface area contributed by atoms with Crippen molar-refractivity contribution < 1.29 is 4.74 Å². The molecule has 1 aliphatic carbocycles. The summed E-state index contributed by atoms with van der Waals surface area (Å²) in [5.41, 5.74) is 0. The molecule has 0 saturated heterocycles. The zero-order valence-corrected chi connectivity index (χ0v) is 13.2. The van der Waals surface area contributed by atoms with Crippen LogP contribution in [0.25, 0.3) is 0 Å². The molecule has 1 aromatic carbocycles. The van der Waals surface area contributed by atoms with Crippen LogP contribution in [0, 0.1) is 17.8 Å². The molecule has 0 spiro atoms. The molecule has 1 saturated carbocycles. The Balaban J connectivity index is 1.82. The minimum absolute atomic E-state index is 0.458. The molecule has 0 aliphatic heterocycles. The van der Waals surface area contributed by atoms with Gasteiger partial charge in [0.15, 0.2) is 0 Å². The Morgan fingerprint density at radius 3 is 2.63 bits per heavy atom. The van der Waals surface area contributed by atoms with Crippen molar-refractivity contribution in [2.45, 2.75) is 51.0 Å². The first kappa shape index (κ1) is 14.9. The van der Waals surface area contributed by atoms with Crippen molar-refractivity contribution in [2.24, 2.45) is 17.8 Å². The summed E-state index contributed by atoms with van der Waals surface area (Å²) in [4.78, 5) is 1.30. The van der Waals surface area contributed by atoms with E-state index in [1.165, 1.54) is 24.2 Å². The number of ether oxygens (including phenoxy) is 1. The van der Waals surface area contributed by atoms with Gasteiger partial charge in [-0.25, -0.2) is 0 Å². The second kappa shape index (κ2) is 7.35. The Bertz CT molecular complexity index is 363. The van der Waals surface area contributed by atoms with E-state index in [0.717, 1.165) is 23.7 Å². The SMILES string of the molecule is CC(C)[C@@H]1CC[C@@H](C)C[C@H]1OCSc1ccccc1. The van der Waals surface area contributed by atoms with Crippen LogP contribution in [0.5, 0.6) is 0 Å². The zero-order valence-electron chi connectivity index (χ0n) is 12.3. The number of hydrogen-bond acceptors (Lipinski definition) is 2. The van der Waals surface area contributed by atoms with E-state index in [4.69, 9.17) is 4.74 Å². The third-order valence-electron chi connectivity index (χ3n) is 4.21. The third-order valence-corrected chi connectivity index (χ3v) is 5.07. The van der Waals surface area contributed by atoms with E-state index in [0.29, 0.717) is 6.10 Å². The predicted octanol–water partition coefficient (Wildman–Crippen LogP) is 5.21. The van der Waals surface area contributed by atoms with Gasteiger partial charge in [-0.3, -0.25) is 0 Å². The summed E-state index contributed by atoms with van der Waals surface area (Å²) >= 11 is 1.81. The van der Waals surface area contributed by atoms with Crippen molar-refractivity contribution >= 4 is 11.8 Å². The second-order valence-corrected chi connectivity index (χ2v) is 7.10. The van der Waals surface area contributed by atoms with Gasteiger partial charge in [-0.2, -0.15) is 0 Å². The highest BCUT2D eigenvalue weighted by atomic mass is 32.2. The number of thioether (sulfide) groups is 1. The summed E-state index contributed by atoms with van der Waals surface area (Å²) in [6, 6.07) is 10.5.